The van der Waals surface area contributed by atoms with E-state index in [2.05, 4.69) is 49.4 Å². The molecule has 1 aliphatic heterocycles. The highest BCUT2D eigenvalue weighted by atomic mass is 16.5. The number of carbonyl (C=O) groups excluding carboxylic acids is 1. The summed E-state index contributed by atoms with van der Waals surface area (Å²) in [4.78, 5) is 14.7. The fraction of sp³-hybridized carbons (Fsp3) is 0.565. The van der Waals surface area contributed by atoms with Crippen LogP contribution in [0.4, 0.5) is 0 Å². The number of nitrogens with zero attached hydrogens (tertiary/aromatic N) is 2. The van der Waals surface area contributed by atoms with Gasteiger partial charge in [-0.05, 0) is 43.3 Å². The fourth-order valence-corrected chi connectivity index (χ4v) is 3.84. The number of nitrogens with one attached hydrogen (secondary N) is 1. The lowest BCUT2D eigenvalue weighted by molar-refractivity contribution is -0.132. The van der Waals surface area contributed by atoms with Gasteiger partial charge in [-0.3, -0.25) is 4.79 Å². The van der Waals surface area contributed by atoms with Crippen LogP contribution in [0, 0.1) is 11.8 Å². The van der Waals surface area contributed by atoms with E-state index >= 15 is 0 Å². The molecule has 28 heavy (non-hydrogen) atoms. The number of hydrogen-bond donors (Lipinski definition) is 1. The lowest BCUT2D eigenvalue weighted by Crippen LogP contribution is -2.40. The van der Waals surface area contributed by atoms with Crippen LogP contribution in [0.1, 0.15) is 50.6 Å². The Labute approximate surface area is 168 Å². The summed E-state index contributed by atoms with van der Waals surface area (Å²) in [5.41, 5.74) is 2.12. The summed E-state index contributed by atoms with van der Waals surface area (Å²) in [7, 11) is 1.90. The highest BCUT2D eigenvalue weighted by Crippen LogP contribution is 2.29. The molecule has 0 aliphatic carbocycles. The minimum absolute atomic E-state index is 0.0361. The van der Waals surface area contributed by atoms with Crippen LogP contribution >= 0.6 is 0 Å². The van der Waals surface area contributed by atoms with Gasteiger partial charge in [-0.25, -0.2) is 0 Å². The molecule has 2 heterocycles. The summed E-state index contributed by atoms with van der Waals surface area (Å²) < 4.78 is 5.55. The molecule has 2 aromatic rings. The molecular weight excluding hydrogens is 350 g/mol. The van der Waals surface area contributed by atoms with Crippen molar-refractivity contribution in [1.82, 2.24) is 15.4 Å². The second-order valence-electron chi connectivity index (χ2n) is 9.09. The highest BCUT2D eigenvalue weighted by Gasteiger charge is 2.29. The highest BCUT2D eigenvalue weighted by molar-refractivity contribution is 5.76. The van der Waals surface area contributed by atoms with Crippen LogP contribution < -0.4 is 5.32 Å². The van der Waals surface area contributed by atoms with Gasteiger partial charge in [0.15, 0.2) is 0 Å². The number of amides is 1. The van der Waals surface area contributed by atoms with E-state index in [9.17, 15) is 4.79 Å². The van der Waals surface area contributed by atoms with E-state index in [0.717, 1.165) is 42.9 Å². The maximum Gasteiger partial charge on any atom is 0.222 e. The molecule has 1 amide bonds. The molecule has 3 rings (SSSR count). The second kappa shape index (κ2) is 8.91. The van der Waals surface area contributed by atoms with Crippen LogP contribution in [-0.4, -0.2) is 36.1 Å². The van der Waals surface area contributed by atoms with Crippen molar-refractivity contribution in [3.63, 3.8) is 0 Å². The number of hydrogen-bond acceptors (Lipinski definition) is 4. The molecule has 1 fully saturated rings. The maximum absolute atomic E-state index is 12.8. The van der Waals surface area contributed by atoms with E-state index in [0.29, 0.717) is 24.8 Å². The minimum atomic E-state index is -0.0361. The van der Waals surface area contributed by atoms with Crippen LogP contribution in [0.2, 0.25) is 0 Å². The zero-order valence-electron chi connectivity index (χ0n) is 17.6. The van der Waals surface area contributed by atoms with Gasteiger partial charge in [-0.15, -0.1) is 0 Å². The summed E-state index contributed by atoms with van der Waals surface area (Å²) in [6.45, 7) is 8.95. The zero-order chi connectivity index (χ0) is 20.1. The van der Waals surface area contributed by atoms with Crippen LogP contribution in [0.15, 0.2) is 40.9 Å². The van der Waals surface area contributed by atoms with E-state index < -0.39 is 0 Å². The Hall–Kier alpha value is -2.14. The molecule has 152 valence electrons. The molecule has 0 bridgehead atoms. The third kappa shape index (κ3) is 5.44. The number of benzene rings is 1. The molecule has 1 aromatic heterocycles. The number of carbonyl (C=O) groups is 1. The third-order valence-electron chi connectivity index (χ3n) is 5.66. The van der Waals surface area contributed by atoms with E-state index in [1.807, 2.05) is 30.1 Å². The van der Waals surface area contributed by atoms with Crippen molar-refractivity contribution < 1.29 is 9.32 Å². The first-order chi connectivity index (χ1) is 13.3. The molecule has 0 spiro atoms. The van der Waals surface area contributed by atoms with Crippen LogP contribution in [-0.2, 0) is 23.2 Å². The summed E-state index contributed by atoms with van der Waals surface area (Å²) in [6.07, 6.45) is 2.48. The fourth-order valence-electron chi connectivity index (χ4n) is 3.84. The molecule has 1 N–H and O–H groups in total. The molecular formula is C23H33N3O2. The van der Waals surface area contributed by atoms with Crippen LogP contribution in [0.5, 0.6) is 0 Å². The predicted molar refractivity (Wildman–Crippen MR) is 111 cm³/mol. The largest absolute Gasteiger partial charge is 0.361 e. The first-order valence-corrected chi connectivity index (χ1v) is 10.3. The van der Waals surface area contributed by atoms with Gasteiger partial charge in [-0.2, -0.15) is 0 Å². The third-order valence-corrected chi connectivity index (χ3v) is 5.66. The Morgan fingerprint density at radius 2 is 2.00 bits per heavy atom. The first-order valence-electron chi connectivity index (χ1n) is 10.3. The topological polar surface area (TPSA) is 58.4 Å². The van der Waals surface area contributed by atoms with Crippen LogP contribution in [0.25, 0.3) is 0 Å². The minimum Gasteiger partial charge on any atom is -0.361 e. The molecule has 0 unspecified atom stereocenters. The predicted octanol–water partition coefficient (Wildman–Crippen LogP) is 3.79. The first kappa shape index (κ1) is 20.6. The summed E-state index contributed by atoms with van der Waals surface area (Å²) >= 11 is 0. The molecule has 0 saturated carbocycles. The van der Waals surface area contributed by atoms with Crippen LogP contribution in [0.3, 0.4) is 0 Å². The van der Waals surface area contributed by atoms with Gasteiger partial charge in [0, 0.05) is 31.5 Å². The Kier molecular flexibility index (Phi) is 6.55. The Bertz CT molecular complexity index is 764. The second-order valence-corrected chi connectivity index (χ2v) is 9.09. The molecule has 1 aromatic carbocycles. The lowest BCUT2D eigenvalue weighted by atomic mass is 9.80. The number of rotatable bonds is 6. The van der Waals surface area contributed by atoms with E-state index in [1.54, 1.807) is 0 Å². The summed E-state index contributed by atoms with van der Waals surface area (Å²) in [5, 5.41) is 7.76. The van der Waals surface area contributed by atoms with Gasteiger partial charge in [0.2, 0.25) is 5.91 Å². The number of piperidine rings is 1. The van der Waals surface area contributed by atoms with E-state index in [1.165, 1.54) is 0 Å². The van der Waals surface area contributed by atoms with Crippen molar-refractivity contribution in [2.75, 3.05) is 20.1 Å². The van der Waals surface area contributed by atoms with Crippen molar-refractivity contribution >= 4 is 5.91 Å². The SMILES string of the molecule is CN(Cc1ccccc1)C(=O)C[C@@H]1CCNC[C@H]1Cc1cc(C(C)(C)C)on1. The molecule has 1 saturated heterocycles. The molecule has 0 radical (unpaired) electrons. The summed E-state index contributed by atoms with van der Waals surface area (Å²) in [5.74, 6) is 1.92. The van der Waals surface area contributed by atoms with Crippen molar-refractivity contribution in [1.29, 1.82) is 0 Å². The van der Waals surface area contributed by atoms with Gasteiger partial charge < -0.3 is 14.7 Å². The Morgan fingerprint density at radius 1 is 1.25 bits per heavy atom. The van der Waals surface area contributed by atoms with E-state index in [4.69, 9.17) is 4.52 Å². The average molecular weight is 384 g/mol. The molecule has 5 nitrogen and oxygen atoms in total. The van der Waals surface area contributed by atoms with Gasteiger partial charge in [0.1, 0.15) is 5.76 Å². The Morgan fingerprint density at radius 3 is 2.68 bits per heavy atom. The molecule has 5 heteroatoms. The van der Waals surface area contributed by atoms with Gasteiger partial charge >= 0.3 is 0 Å². The number of aromatic nitrogens is 1. The summed E-state index contributed by atoms with van der Waals surface area (Å²) in [6, 6.07) is 12.2. The maximum atomic E-state index is 12.8. The molecule has 1 aliphatic rings. The standard InChI is InChI=1S/C23H33N3O2/c1-23(2,3)21-14-20(25-28-21)12-19-15-24-11-10-18(19)13-22(27)26(4)16-17-8-6-5-7-9-17/h5-9,14,18-19,24H,10-13,15-16H2,1-4H3/t18-,19+/m0/s1. The van der Waals surface area contributed by atoms with Gasteiger partial charge in [-0.1, -0.05) is 56.3 Å². The monoisotopic (exact) mass is 383 g/mol. The van der Waals surface area contributed by atoms with Crippen molar-refractivity contribution in [3.05, 3.63) is 53.4 Å². The van der Waals surface area contributed by atoms with E-state index in [-0.39, 0.29) is 11.3 Å². The Balaban J connectivity index is 1.59. The van der Waals surface area contributed by atoms with Gasteiger partial charge in [0.25, 0.3) is 0 Å². The normalized spacial score (nSPS) is 20.1. The average Bonchev–Trinajstić information content (AvgIpc) is 3.13. The van der Waals surface area contributed by atoms with Gasteiger partial charge in [0.05, 0.1) is 5.69 Å². The molecule has 2 atom stereocenters. The zero-order valence-corrected chi connectivity index (χ0v) is 17.6. The van der Waals surface area contributed by atoms with Crippen molar-refractivity contribution in [2.24, 2.45) is 11.8 Å². The smallest absolute Gasteiger partial charge is 0.222 e. The van der Waals surface area contributed by atoms with Crippen molar-refractivity contribution in [3.8, 4) is 0 Å². The quantitative estimate of drug-likeness (QED) is 0.824. The lowest BCUT2D eigenvalue weighted by Gasteiger charge is -2.32. The van der Waals surface area contributed by atoms with Crippen molar-refractivity contribution in [2.45, 2.75) is 52.0 Å².